The number of piperazine rings is 2. The number of halogens is 1. The van der Waals surface area contributed by atoms with Gasteiger partial charge in [0, 0.05) is 57.9 Å². The van der Waals surface area contributed by atoms with Gasteiger partial charge >= 0.3 is 0 Å². The van der Waals surface area contributed by atoms with Crippen molar-refractivity contribution in [2.45, 2.75) is 6.92 Å². The molecule has 3 rings (SSSR count). The van der Waals surface area contributed by atoms with E-state index in [1.54, 1.807) is 17.0 Å². The van der Waals surface area contributed by atoms with E-state index in [-0.39, 0.29) is 11.7 Å². The molecular weight excluding hydrogens is 295 g/mol. The number of amides is 1. The maximum atomic E-state index is 14.5. The Morgan fingerprint density at radius 1 is 1.13 bits per heavy atom. The summed E-state index contributed by atoms with van der Waals surface area (Å²) >= 11 is 0. The summed E-state index contributed by atoms with van der Waals surface area (Å²) in [7, 11) is 0. The number of hydrogen-bond donors (Lipinski definition) is 1. The van der Waals surface area contributed by atoms with Crippen molar-refractivity contribution < 1.29 is 9.18 Å². The summed E-state index contributed by atoms with van der Waals surface area (Å²) in [4.78, 5) is 18.6. The van der Waals surface area contributed by atoms with Crippen LogP contribution in [0.3, 0.4) is 0 Å². The minimum absolute atomic E-state index is 0.0762. The molecule has 2 aliphatic rings. The summed E-state index contributed by atoms with van der Waals surface area (Å²) in [5.74, 6) is -0.372. The van der Waals surface area contributed by atoms with E-state index in [9.17, 15) is 9.18 Å². The topological polar surface area (TPSA) is 38.8 Å². The lowest BCUT2D eigenvalue weighted by Crippen LogP contribution is -2.47. The Morgan fingerprint density at radius 2 is 1.83 bits per heavy atom. The zero-order chi connectivity index (χ0) is 16.2. The Hall–Kier alpha value is -1.66. The van der Waals surface area contributed by atoms with Gasteiger partial charge in [0.25, 0.3) is 5.91 Å². The monoisotopic (exact) mass is 320 g/mol. The van der Waals surface area contributed by atoms with Crippen molar-refractivity contribution in [1.29, 1.82) is 0 Å². The molecule has 1 aromatic carbocycles. The van der Waals surface area contributed by atoms with Gasteiger partial charge in [-0.2, -0.15) is 0 Å². The first-order chi connectivity index (χ1) is 11.2. The second-order valence-electron chi connectivity index (χ2n) is 6.13. The molecule has 0 saturated carbocycles. The number of benzene rings is 1. The Bertz CT molecular complexity index is 552. The predicted octanol–water partition coefficient (Wildman–Crippen LogP) is 1.01. The van der Waals surface area contributed by atoms with Crippen LogP contribution in [0.2, 0.25) is 0 Å². The van der Waals surface area contributed by atoms with Gasteiger partial charge in [-0.1, -0.05) is 6.92 Å². The van der Waals surface area contributed by atoms with Crippen LogP contribution in [-0.4, -0.2) is 74.6 Å². The molecule has 0 atom stereocenters. The molecule has 0 spiro atoms. The third-order valence-corrected chi connectivity index (χ3v) is 4.76. The van der Waals surface area contributed by atoms with Crippen LogP contribution in [-0.2, 0) is 0 Å². The molecular formula is C17H25FN4O. The van der Waals surface area contributed by atoms with Gasteiger partial charge in [0.15, 0.2) is 0 Å². The minimum atomic E-state index is -0.295. The number of carbonyl (C=O) groups is 1. The first kappa shape index (κ1) is 16.2. The molecule has 2 saturated heterocycles. The molecule has 23 heavy (non-hydrogen) atoms. The van der Waals surface area contributed by atoms with E-state index in [4.69, 9.17) is 0 Å². The van der Waals surface area contributed by atoms with Gasteiger partial charge < -0.3 is 20.0 Å². The molecule has 2 heterocycles. The summed E-state index contributed by atoms with van der Waals surface area (Å²) in [6.07, 6.45) is 0. The number of rotatable bonds is 3. The van der Waals surface area contributed by atoms with E-state index in [0.29, 0.717) is 24.3 Å². The van der Waals surface area contributed by atoms with Gasteiger partial charge in [0.2, 0.25) is 0 Å². The number of likely N-dealkylation sites (N-methyl/N-ethyl adjacent to an activating group) is 1. The summed E-state index contributed by atoms with van der Waals surface area (Å²) < 4.78 is 14.5. The molecule has 5 nitrogen and oxygen atoms in total. The molecule has 0 radical (unpaired) electrons. The van der Waals surface area contributed by atoms with Crippen LogP contribution in [0.1, 0.15) is 17.3 Å². The molecule has 0 bridgehead atoms. The highest BCUT2D eigenvalue weighted by atomic mass is 19.1. The highest BCUT2D eigenvalue weighted by Crippen LogP contribution is 2.22. The van der Waals surface area contributed by atoms with Crippen LogP contribution >= 0.6 is 0 Å². The van der Waals surface area contributed by atoms with E-state index < -0.39 is 0 Å². The minimum Gasteiger partial charge on any atom is -0.367 e. The van der Waals surface area contributed by atoms with Gasteiger partial charge in [-0.05, 0) is 24.7 Å². The van der Waals surface area contributed by atoms with E-state index in [1.807, 2.05) is 0 Å². The maximum Gasteiger partial charge on any atom is 0.254 e. The molecule has 1 aromatic rings. The van der Waals surface area contributed by atoms with E-state index in [0.717, 1.165) is 45.8 Å². The Morgan fingerprint density at radius 3 is 2.43 bits per heavy atom. The fourth-order valence-electron chi connectivity index (χ4n) is 3.25. The largest absolute Gasteiger partial charge is 0.367 e. The molecule has 0 aliphatic carbocycles. The zero-order valence-corrected chi connectivity index (χ0v) is 13.7. The molecule has 0 aromatic heterocycles. The molecule has 0 unspecified atom stereocenters. The third-order valence-electron chi connectivity index (χ3n) is 4.76. The molecule has 2 fully saturated rings. The fraction of sp³-hybridized carbons (Fsp3) is 0.588. The Labute approximate surface area is 137 Å². The van der Waals surface area contributed by atoms with Crippen molar-refractivity contribution in [1.82, 2.24) is 15.1 Å². The molecule has 6 heteroatoms. The Kier molecular flexibility index (Phi) is 5.13. The SMILES string of the molecule is CCN1CCN(c2ccc(C(=O)N3CCNCC3)cc2F)CC1. The van der Waals surface area contributed by atoms with Crippen LogP contribution in [0.4, 0.5) is 10.1 Å². The standard InChI is InChI=1S/C17H25FN4O/c1-2-20-9-11-21(12-10-20)16-4-3-14(13-15(16)18)17(23)22-7-5-19-6-8-22/h3-4,13,19H,2,5-12H2,1H3. The lowest BCUT2D eigenvalue weighted by Gasteiger charge is -2.35. The highest BCUT2D eigenvalue weighted by Gasteiger charge is 2.22. The average Bonchev–Trinajstić information content (AvgIpc) is 2.62. The summed E-state index contributed by atoms with van der Waals surface area (Å²) in [5, 5.41) is 3.21. The maximum absolute atomic E-state index is 14.5. The zero-order valence-electron chi connectivity index (χ0n) is 13.7. The predicted molar refractivity (Wildman–Crippen MR) is 89.5 cm³/mol. The van der Waals surface area contributed by atoms with Gasteiger partial charge in [0.1, 0.15) is 5.82 Å². The Balaban J connectivity index is 1.69. The number of nitrogens with zero attached hydrogens (tertiary/aromatic N) is 3. The van der Waals surface area contributed by atoms with Crippen LogP contribution < -0.4 is 10.2 Å². The van der Waals surface area contributed by atoms with E-state index in [2.05, 4.69) is 22.0 Å². The van der Waals surface area contributed by atoms with Gasteiger partial charge in [0.05, 0.1) is 5.69 Å². The quantitative estimate of drug-likeness (QED) is 0.902. The van der Waals surface area contributed by atoms with Crippen LogP contribution in [0.25, 0.3) is 0 Å². The van der Waals surface area contributed by atoms with E-state index in [1.165, 1.54) is 6.07 Å². The fourth-order valence-corrected chi connectivity index (χ4v) is 3.25. The van der Waals surface area contributed by atoms with Crippen LogP contribution in [0, 0.1) is 5.82 Å². The number of anilines is 1. The van der Waals surface area contributed by atoms with Gasteiger partial charge in [-0.3, -0.25) is 4.79 Å². The van der Waals surface area contributed by atoms with Gasteiger partial charge in [-0.25, -0.2) is 4.39 Å². The number of carbonyl (C=O) groups excluding carboxylic acids is 1. The summed E-state index contributed by atoms with van der Waals surface area (Å²) in [6.45, 7) is 9.71. The van der Waals surface area contributed by atoms with Crippen molar-refractivity contribution in [2.24, 2.45) is 0 Å². The highest BCUT2D eigenvalue weighted by molar-refractivity contribution is 5.94. The molecule has 1 amide bonds. The first-order valence-electron chi connectivity index (χ1n) is 8.46. The van der Waals surface area contributed by atoms with Crippen molar-refractivity contribution in [3.63, 3.8) is 0 Å². The van der Waals surface area contributed by atoms with Crippen molar-refractivity contribution in [3.05, 3.63) is 29.6 Å². The summed E-state index contributed by atoms with van der Waals surface area (Å²) in [6, 6.07) is 4.91. The molecule has 126 valence electrons. The third kappa shape index (κ3) is 3.64. The normalized spacial score (nSPS) is 19.9. The first-order valence-corrected chi connectivity index (χ1v) is 8.46. The van der Waals surface area contributed by atoms with Crippen LogP contribution in [0.5, 0.6) is 0 Å². The van der Waals surface area contributed by atoms with E-state index >= 15 is 0 Å². The van der Waals surface area contributed by atoms with Crippen molar-refractivity contribution >= 4 is 11.6 Å². The molecule has 2 aliphatic heterocycles. The second kappa shape index (κ2) is 7.27. The lowest BCUT2D eigenvalue weighted by molar-refractivity contribution is 0.0735. The van der Waals surface area contributed by atoms with Crippen LogP contribution in [0.15, 0.2) is 18.2 Å². The number of nitrogens with one attached hydrogen (secondary N) is 1. The number of hydrogen-bond acceptors (Lipinski definition) is 4. The average molecular weight is 320 g/mol. The summed E-state index contributed by atoms with van der Waals surface area (Å²) in [5.41, 5.74) is 1.05. The second-order valence-corrected chi connectivity index (χ2v) is 6.13. The van der Waals surface area contributed by atoms with Crippen molar-refractivity contribution in [3.8, 4) is 0 Å². The smallest absolute Gasteiger partial charge is 0.254 e. The lowest BCUT2D eigenvalue weighted by atomic mass is 10.1. The van der Waals surface area contributed by atoms with Gasteiger partial charge in [-0.15, -0.1) is 0 Å². The van der Waals surface area contributed by atoms with Crippen molar-refractivity contribution in [2.75, 3.05) is 63.8 Å². The molecule has 1 N–H and O–H groups in total.